The molecule has 5 heteroatoms. The minimum absolute atomic E-state index is 0.0703. The lowest BCUT2D eigenvalue weighted by Gasteiger charge is -2.56. The topological polar surface area (TPSA) is 72.8 Å². The largest absolute Gasteiger partial charge is 0.508 e. The smallest absolute Gasteiger partial charge is 0.255 e. The molecule has 1 amide bonds. The van der Waals surface area contributed by atoms with Crippen molar-refractivity contribution < 1.29 is 15.0 Å². The summed E-state index contributed by atoms with van der Waals surface area (Å²) >= 11 is 0. The minimum atomic E-state index is -0.213. The highest BCUT2D eigenvalue weighted by atomic mass is 16.3. The lowest BCUT2D eigenvalue weighted by molar-refractivity contribution is 0.0460. The maximum absolute atomic E-state index is 13.2. The van der Waals surface area contributed by atoms with Crippen molar-refractivity contribution in [1.82, 2.24) is 10.2 Å². The van der Waals surface area contributed by atoms with E-state index in [9.17, 15) is 15.0 Å². The van der Waals surface area contributed by atoms with E-state index in [1.54, 1.807) is 18.2 Å². The summed E-state index contributed by atoms with van der Waals surface area (Å²) in [7, 11) is 2.21. The summed E-state index contributed by atoms with van der Waals surface area (Å²) in [4.78, 5) is 15.6. The standard InChI is InChI=1S/C32H34N2O3/c1-34-19-17-32-16-3-2-4-27(32)28(34)20-24-11-14-26(30(36)29(24)32)31(37)33-18-15-21-5-7-22(8-6-21)23-9-12-25(35)13-10-23/h2,4-14,27-28,35-36H,3,15-20H2,1H3,(H,33,37)/t27-,28+,32+/m0/s1. The fourth-order valence-corrected chi connectivity index (χ4v) is 6.94. The van der Waals surface area contributed by atoms with Crippen LogP contribution in [0, 0.1) is 5.92 Å². The van der Waals surface area contributed by atoms with Crippen LogP contribution in [0.25, 0.3) is 11.1 Å². The van der Waals surface area contributed by atoms with Crippen molar-refractivity contribution in [2.45, 2.75) is 43.6 Å². The number of aromatic hydroxyl groups is 2. The first-order valence-corrected chi connectivity index (χ1v) is 13.3. The fourth-order valence-electron chi connectivity index (χ4n) is 6.94. The molecule has 0 aromatic heterocycles. The van der Waals surface area contributed by atoms with Gasteiger partial charge in [0.25, 0.3) is 5.91 Å². The zero-order valence-corrected chi connectivity index (χ0v) is 21.3. The molecular formula is C32H34N2O3. The number of phenolic OH excluding ortho intramolecular Hbond substituents is 2. The second-order valence-electron chi connectivity index (χ2n) is 10.9. The quantitative estimate of drug-likeness (QED) is 0.426. The highest BCUT2D eigenvalue weighted by Crippen LogP contribution is 2.56. The third kappa shape index (κ3) is 4.11. The molecule has 3 aromatic rings. The maximum atomic E-state index is 13.2. The highest BCUT2D eigenvalue weighted by Gasteiger charge is 2.53. The van der Waals surface area contributed by atoms with Gasteiger partial charge in [-0.05, 0) is 86.1 Å². The number of hydrogen-bond donors (Lipinski definition) is 3. The van der Waals surface area contributed by atoms with Crippen molar-refractivity contribution in [3.05, 3.63) is 95.1 Å². The third-order valence-electron chi connectivity index (χ3n) is 8.92. The second kappa shape index (κ2) is 9.38. The molecule has 2 bridgehead atoms. The molecule has 0 spiro atoms. The molecule has 3 N–H and O–H groups in total. The van der Waals surface area contributed by atoms with Crippen molar-refractivity contribution >= 4 is 5.91 Å². The molecule has 2 aliphatic carbocycles. The van der Waals surface area contributed by atoms with Gasteiger partial charge < -0.3 is 20.4 Å². The molecule has 1 saturated heterocycles. The Morgan fingerprint density at radius 2 is 1.73 bits per heavy atom. The number of likely N-dealkylation sites (tertiary alicyclic amines) is 1. The SMILES string of the molecule is CN1CC[C@]23CCC=C[C@H]2[C@H]1Cc1ccc(C(=O)NCCc2ccc(-c4ccc(O)cc4)cc2)c(O)c13. The summed E-state index contributed by atoms with van der Waals surface area (Å²) in [6, 6.07) is 19.8. The molecule has 3 aromatic carbocycles. The number of carbonyl (C=O) groups excluding carboxylic acids is 1. The number of benzene rings is 3. The van der Waals surface area contributed by atoms with E-state index in [4.69, 9.17) is 0 Å². The number of carbonyl (C=O) groups is 1. The number of allylic oxidation sites excluding steroid dienone is 1. The van der Waals surface area contributed by atoms with Crippen molar-refractivity contribution in [3.8, 4) is 22.6 Å². The minimum Gasteiger partial charge on any atom is -0.508 e. The number of rotatable bonds is 5. The first-order valence-electron chi connectivity index (χ1n) is 13.3. The van der Waals surface area contributed by atoms with Gasteiger partial charge in [-0.1, -0.05) is 54.6 Å². The predicted octanol–water partition coefficient (Wildman–Crippen LogP) is 5.20. The fraction of sp³-hybridized carbons (Fsp3) is 0.344. The van der Waals surface area contributed by atoms with Crippen LogP contribution in [0.1, 0.15) is 46.3 Å². The van der Waals surface area contributed by atoms with Crippen LogP contribution in [0.15, 0.2) is 72.8 Å². The Kier molecular flexibility index (Phi) is 6.04. The molecule has 0 unspecified atom stereocenters. The van der Waals surface area contributed by atoms with Gasteiger partial charge in [-0.25, -0.2) is 0 Å². The van der Waals surface area contributed by atoms with Gasteiger partial charge in [0, 0.05) is 29.5 Å². The molecule has 1 fully saturated rings. The monoisotopic (exact) mass is 494 g/mol. The third-order valence-corrected chi connectivity index (χ3v) is 8.92. The summed E-state index contributed by atoms with van der Waals surface area (Å²) in [5.41, 5.74) is 5.81. The number of amides is 1. The number of likely N-dealkylation sites (N-methyl/N-ethyl adjacent to an activating group) is 1. The van der Waals surface area contributed by atoms with Gasteiger partial charge in [0.15, 0.2) is 0 Å². The Hall–Kier alpha value is -3.57. The van der Waals surface area contributed by atoms with Gasteiger partial charge in [-0.3, -0.25) is 4.79 Å². The van der Waals surface area contributed by atoms with Crippen LogP contribution in [-0.2, 0) is 18.3 Å². The molecule has 6 rings (SSSR count). The average Bonchev–Trinajstić information content (AvgIpc) is 2.91. The maximum Gasteiger partial charge on any atom is 0.255 e. The van der Waals surface area contributed by atoms with E-state index in [0.717, 1.165) is 54.5 Å². The van der Waals surface area contributed by atoms with Gasteiger partial charge >= 0.3 is 0 Å². The van der Waals surface area contributed by atoms with Crippen molar-refractivity contribution in [2.75, 3.05) is 20.1 Å². The number of phenols is 2. The van der Waals surface area contributed by atoms with Gasteiger partial charge in [0.2, 0.25) is 0 Å². The van der Waals surface area contributed by atoms with E-state index in [1.807, 2.05) is 12.1 Å². The van der Waals surface area contributed by atoms with Crippen molar-refractivity contribution in [2.24, 2.45) is 5.92 Å². The lowest BCUT2D eigenvalue weighted by Crippen LogP contribution is -2.58. The normalized spacial score (nSPS) is 24.2. The molecule has 0 radical (unpaired) electrons. The van der Waals surface area contributed by atoms with Crippen LogP contribution in [0.2, 0.25) is 0 Å². The molecule has 5 nitrogen and oxygen atoms in total. The molecular weight excluding hydrogens is 460 g/mol. The number of nitrogens with zero attached hydrogens (tertiary/aromatic N) is 1. The highest BCUT2D eigenvalue weighted by molar-refractivity contribution is 5.97. The van der Waals surface area contributed by atoms with Crippen LogP contribution < -0.4 is 5.32 Å². The van der Waals surface area contributed by atoms with Gasteiger partial charge in [0.05, 0.1) is 5.56 Å². The summed E-state index contributed by atoms with van der Waals surface area (Å²) in [5.74, 6) is 0.625. The van der Waals surface area contributed by atoms with Crippen LogP contribution in [-0.4, -0.2) is 47.2 Å². The zero-order valence-electron chi connectivity index (χ0n) is 21.3. The first kappa shape index (κ1) is 23.8. The Labute approximate surface area is 218 Å². The van der Waals surface area contributed by atoms with Crippen molar-refractivity contribution in [1.29, 1.82) is 0 Å². The van der Waals surface area contributed by atoms with Crippen LogP contribution in [0.4, 0.5) is 0 Å². The number of piperidine rings is 1. The molecule has 190 valence electrons. The van der Waals surface area contributed by atoms with Crippen LogP contribution >= 0.6 is 0 Å². The summed E-state index contributed by atoms with van der Waals surface area (Å²) in [5, 5.41) is 24.0. The van der Waals surface area contributed by atoms with Crippen LogP contribution in [0.3, 0.4) is 0 Å². The van der Waals surface area contributed by atoms with E-state index in [1.165, 1.54) is 5.56 Å². The summed E-state index contributed by atoms with van der Waals surface area (Å²) < 4.78 is 0. The molecule has 3 aliphatic rings. The number of hydrogen-bond acceptors (Lipinski definition) is 4. The lowest BCUT2D eigenvalue weighted by atomic mass is 9.54. The Balaban J connectivity index is 1.16. The van der Waals surface area contributed by atoms with E-state index < -0.39 is 0 Å². The van der Waals surface area contributed by atoms with Crippen molar-refractivity contribution in [3.63, 3.8) is 0 Å². The van der Waals surface area contributed by atoms with Gasteiger partial charge in [-0.15, -0.1) is 0 Å². The van der Waals surface area contributed by atoms with Gasteiger partial charge in [0.1, 0.15) is 11.5 Å². The van der Waals surface area contributed by atoms with Crippen LogP contribution in [0.5, 0.6) is 11.5 Å². The Morgan fingerprint density at radius 3 is 2.49 bits per heavy atom. The van der Waals surface area contributed by atoms with E-state index in [0.29, 0.717) is 30.5 Å². The predicted molar refractivity (Wildman–Crippen MR) is 146 cm³/mol. The zero-order chi connectivity index (χ0) is 25.6. The van der Waals surface area contributed by atoms with E-state index in [-0.39, 0.29) is 22.8 Å². The molecule has 1 heterocycles. The average molecular weight is 495 g/mol. The Bertz CT molecular complexity index is 1350. The molecule has 0 saturated carbocycles. The second-order valence-corrected chi connectivity index (χ2v) is 10.9. The Morgan fingerprint density at radius 1 is 1.00 bits per heavy atom. The molecule has 1 aliphatic heterocycles. The first-order chi connectivity index (χ1) is 18.0. The molecule has 37 heavy (non-hydrogen) atoms. The number of nitrogens with one attached hydrogen (secondary N) is 1. The summed E-state index contributed by atoms with van der Waals surface area (Å²) in [6.45, 7) is 1.52. The molecule has 3 atom stereocenters. The summed E-state index contributed by atoms with van der Waals surface area (Å²) in [6.07, 6.45) is 9.35. The van der Waals surface area contributed by atoms with E-state index >= 15 is 0 Å². The number of fused-ring (bicyclic) bond motifs is 1. The van der Waals surface area contributed by atoms with E-state index in [2.05, 4.69) is 59.7 Å². The van der Waals surface area contributed by atoms with Gasteiger partial charge in [-0.2, -0.15) is 0 Å².